The molecule has 3 aromatic rings. The number of hydrogen-bond acceptors (Lipinski definition) is 7. The minimum atomic E-state index is -0.295. The molecule has 0 atom stereocenters. The summed E-state index contributed by atoms with van der Waals surface area (Å²) in [5, 5.41) is 19.6. The van der Waals surface area contributed by atoms with E-state index in [9.17, 15) is 4.79 Å². The first kappa shape index (κ1) is 23.1. The Morgan fingerprint density at radius 2 is 2.12 bits per heavy atom. The number of nitrogens with zero attached hydrogens (tertiary/aromatic N) is 5. The summed E-state index contributed by atoms with van der Waals surface area (Å²) >= 11 is 12.9. The van der Waals surface area contributed by atoms with Crippen LogP contribution in [0.2, 0.25) is 10.0 Å². The average molecular weight is 492 g/mol. The van der Waals surface area contributed by atoms with E-state index < -0.39 is 0 Å². The van der Waals surface area contributed by atoms with Crippen LogP contribution >= 0.6 is 23.2 Å². The Bertz CT molecular complexity index is 1140. The van der Waals surface area contributed by atoms with Gasteiger partial charge < -0.3 is 25.4 Å². The molecule has 0 fully saturated rings. The van der Waals surface area contributed by atoms with Crippen molar-refractivity contribution in [3.63, 3.8) is 0 Å². The standard InChI is InChI=1S/C21H23Cl2N7O3/c1-24-20-27-16-12-29(21(32)25-4-7-31)11-14(16)19(28-20)18-15(23)9-13(22)10-17(18)33-8-6-30-5-2-3-26-30/h2-3,5,9-10,31H,4,6-8,11-12H2,1H3,(H,25,32)(H,24,27,28). The molecule has 1 aliphatic rings. The van der Waals surface area contributed by atoms with Crippen molar-refractivity contribution >= 4 is 35.2 Å². The van der Waals surface area contributed by atoms with Gasteiger partial charge in [-0.2, -0.15) is 5.10 Å². The van der Waals surface area contributed by atoms with Crippen LogP contribution in [0.1, 0.15) is 11.3 Å². The van der Waals surface area contributed by atoms with Gasteiger partial charge in [-0.15, -0.1) is 0 Å². The van der Waals surface area contributed by atoms with E-state index in [0.717, 1.165) is 5.56 Å². The smallest absolute Gasteiger partial charge is 0.318 e. The number of amides is 2. The molecule has 33 heavy (non-hydrogen) atoms. The number of carbonyl (C=O) groups excluding carboxylic acids is 1. The van der Waals surface area contributed by atoms with Crippen LogP contribution < -0.4 is 15.4 Å². The number of anilines is 1. The molecule has 0 aliphatic carbocycles. The highest BCUT2D eigenvalue weighted by molar-refractivity contribution is 6.37. The molecule has 0 saturated carbocycles. The van der Waals surface area contributed by atoms with Crippen molar-refractivity contribution in [2.75, 3.05) is 32.1 Å². The molecule has 0 unspecified atom stereocenters. The van der Waals surface area contributed by atoms with Crippen molar-refractivity contribution in [2.45, 2.75) is 19.6 Å². The lowest BCUT2D eigenvalue weighted by Gasteiger charge is -2.17. The van der Waals surface area contributed by atoms with Crippen molar-refractivity contribution in [3.05, 3.63) is 51.9 Å². The van der Waals surface area contributed by atoms with Crippen molar-refractivity contribution in [1.29, 1.82) is 0 Å². The first-order chi connectivity index (χ1) is 16.0. The van der Waals surface area contributed by atoms with Crippen molar-refractivity contribution in [1.82, 2.24) is 30.0 Å². The Morgan fingerprint density at radius 1 is 1.27 bits per heavy atom. The van der Waals surface area contributed by atoms with E-state index in [0.29, 0.717) is 58.4 Å². The molecule has 0 radical (unpaired) electrons. The van der Waals surface area contributed by atoms with E-state index in [1.807, 2.05) is 12.3 Å². The van der Waals surface area contributed by atoms with E-state index >= 15 is 0 Å². The Labute approximate surface area is 200 Å². The Kier molecular flexibility index (Phi) is 7.17. The molecular weight excluding hydrogens is 469 g/mol. The van der Waals surface area contributed by atoms with E-state index in [-0.39, 0.29) is 25.7 Å². The quantitative estimate of drug-likeness (QED) is 0.443. The molecule has 1 aliphatic heterocycles. The van der Waals surface area contributed by atoms with Crippen LogP contribution in [-0.4, -0.2) is 62.6 Å². The van der Waals surface area contributed by atoms with E-state index in [1.54, 1.807) is 35.0 Å². The maximum absolute atomic E-state index is 12.5. The number of nitrogens with one attached hydrogen (secondary N) is 2. The zero-order valence-electron chi connectivity index (χ0n) is 17.9. The average Bonchev–Trinajstić information content (AvgIpc) is 3.46. The summed E-state index contributed by atoms with van der Waals surface area (Å²) in [6.07, 6.45) is 3.55. The SMILES string of the molecule is CNc1nc2c(c(-c3c(Cl)cc(Cl)cc3OCCn3cccn3)n1)CN(C(=O)NCCO)C2. The molecule has 1 aromatic carbocycles. The van der Waals surface area contributed by atoms with Crippen molar-refractivity contribution < 1.29 is 14.6 Å². The first-order valence-electron chi connectivity index (χ1n) is 10.3. The number of fused-ring (bicyclic) bond motifs is 1. The maximum Gasteiger partial charge on any atom is 0.318 e. The highest BCUT2D eigenvalue weighted by Crippen LogP contribution is 2.42. The summed E-state index contributed by atoms with van der Waals surface area (Å²) in [5.74, 6) is 0.876. The van der Waals surface area contributed by atoms with Crippen LogP contribution in [-0.2, 0) is 19.6 Å². The molecule has 12 heteroatoms. The second-order valence-corrected chi connectivity index (χ2v) is 8.10. The fourth-order valence-corrected chi connectivity index (χ4v) is 4.13. The van der Waals surface area contributed by atoms with Gasteiger partial charge in [0.1, 0.15) is 12.4 Å². The number of aliphatic hydroxyl groups is 1. The molecule has 4 rings (SSSR count). The minimum absolute atomic E-state index is 0.138. The Morgan fingerprint density at radius 3 is 2.85 bits per heavy atom. The molecule has 2 amide bonds. The number of carbonyl (C=O) groups is 1. The summed E-state index contributed by atoms with van der Waals surface area (Å²) in [4.78, 5) is 23.2. The summed E-state index contributed by atoms with van der Waals surface area (Å²) in [6.45, 7) is 1.51. The number of aliphatic hydroxyl groups excluding tert-OH is 1. The van der Waals surface area contributed by atoms with Crippen LogP contribution in [0.25, 0.3) is 11.3 Å². The van der Waals surface area contributed by atoms with Gasteiger partial charge in [0.15, 0.2) is 0 Å². The van der Waals surface area contributed by atoms with Gasteiger partial charge >= 0.3 is 6.03 Å². The first-order valence-corrected chi connectivity index (χ1v) is 11.1. The Hall–Kier alpha value is -3.08. The molecule has 174 valence electrons. The van der Waals surface area contributed by atoms with Crippen molar-refractivity contribution in [2.24, 2.45) is 0 Å². The predicted octanol–water partition coefficient (Wildman–Crippen LogP) is 2.79. The highest BCUT2D eigenvalue weighted by atomic mass is 35.5. The third-order valence-electron chi connectivity index (χ3n) is 5.07. The van der Waals surface area contributed by atoms with Gasteiger partial charge in [0, 0.05) is 36.6 Å². The van der Waals surface area contributed by atoms with E-state index in [1.165, 1.54) is 0 Å². The summed E-state index contributed by atoms with van der Waals surface area (Å²) in [5.41, 5.74) is 2.62. The molecule has 0 spiro atoms. The van der Waals surface area contributed by atoms with Gasteiger partial charge in [-0.3, -0.25) is 4.68 Å². The fourth-order valence-electron chi connectivity index (χ4n) is 3.57. The topological polar surface area (TPSA) is 117 Å². The third kappa shape index (κ3) is 5.13. The third-order valence-corrected chi connectivity index (χ3v) is 5.59. The molecule has 3 N–H and O–H groups in total. The lowest BCUT2D eigenvalue weighted by atomic mass is 10.0. The number of halogens is 2. The molecular formula is C21H23Cl2N7O3. The molecule has 10 nitrogen and oxygen atoms in total. The van der Waals surface area contributed by atoms with Crippen LogP contribution in [0.3, 0.4) is 0 Å². The number of aromatic nitrogens is 4. The number of benzene rings is 1. The van der Waals surface area contributed by atoms with Gasteiger partial charge in [0.2, 0.25) is 5.95 Å². The highest BCUT2D eigenvalue weighted by Gasteiger charge is 2.30. The number of hydrogen-bond donors (Lipinski definition) is 3. The second-order valence-electron chi connectivity index (χ2n) is 7.26. The zero-order chi connectivity index (χ0) is 23.4. The van der Waals surface area contributed by atoms with Gasteiger partial charge in [0.05, 0.1) is 48.2 Å². The number of ether oxygens (including phenoxy) is 1. The summed E-state index contributed by atoms with van der Waals surface area (Å²) in [6, 6.07) is 4.87. The normalized spacial score (nSPS) is 12.5. The summed E-state index contributed by atoms with van der Waals surface area (Å²) < 4.78 is 7.82. The van der Waals surface area contributed by atoms with E-state index in [4.69, 9.17) is 33.0 Å². The zero-order valence-corrected chi connectivity index (χ0v) is 19.4. The van der Waals surface area contributed by atoms with Crippen LogP contribution in [0.15, 0.2) is 30.6 Å². The van der Waals surface area contributed by atoms with Gasteiger partial charge in [-0.25, -0.2) is 14.8 Å². The number of rotatable bonds is 8. The lowest BCUT2D eigenvalue weighted by Crippen LogP contribution is -2.37. The van der Waals surface area contributed by atoms with Crippen LogP contribution in [0, 0.1) is 0 Å². The van der Waals surface area contributed by atoms with Gasteiger partial charge in [0.25, 0.3) is 0 Å². The van der Waals surface area contributed by atoms with Crippen LogP contribution in [0.5, 0.6) is 5.75 Å². The van der Waals surface area contributed by atoms with Crippen LogP contribution in [0.4, 0.5) is 10.7 Å². The van der Waals surface area contributed by atoms with Crippen molar-refractivity contribution in [3.8, 4) is 17.0 Å². The maximum atomic E-state index is 12.5. The predicted molar refractivity (Wildman–Crippen MR) is 124 cm³/mol. The minimum Gasteiger partial charge on any atom is -0.491 e. The largest absolute Gasteiger partial charge is 0.491 e. The molecule has 0 bridgehead atoms. The summed E-state index contributed by atoms with van der Waals surface area (Å²) in [7, 11) is 1.72. The second kappa shape index (κ2) is 10.2. The molecule has 0 saturated heterocycles. The van der Waals surface area contributed by atoms with Gasteiger partial charge in [-0.05, 0) is 18.2 Å². The number of urea groups is 1. The fraction of sp³-hybridized carbons (Fsp3) is 0.333. The molecule has 3 heterocycles. The Balaban J connectivity index is 1.69. The monoisotopic (exact) mass is 491 g/mol. The van der Waals surface area contributed by atoms with Gasteiger partial charge in [-0.1, -0.05) is 23.2 Å². The lowest BCUT2D eigenvalue weighted by molar-refractivity contribution is 0.194. The van der Waals surface area contributed by atoms with E-state index in [2.05, 4.69) is 25.7 Å². The molecule has 2 aromatic heterocycles.